The summed E-state index contributed by atoms with van der Waals surface area (Å²) < 4.78 is 26.0. The molecule has 0 radical (unpaired) electrons. The van der Waals surface area contributed by atoms with Crippen LogP contribution in [0, 0.1) is 11.6 Å². The molecule has 1 amide bonds. The van der Waals surface area contributed by atoms with Gasteiger partial charge in [-0.05, 0) is 13.0 Å². The van der Waals surface area contributed by atoms with E-state index in [1.807, 2.05) is 0 Å². The molecule has 0 fully saturated rings. The largest absolute Gasteiger partial charge is 0.387 e. The summed E-state index contributed by atoms with van der Waals surface area (Å²) in [6, 6.07) is 2.46. The number of benzene rings is 1. The first-order valence-electron chi connectivity index (χ1n) is 5.53. The van der Waals surface area contributed by atoms with E-state index in [0.717, 1.165) is 6.07 Å². The molecule has 100 valence electrons. The standard InChI is InChI=1S/C12H16F2N2O2/c1-7(12(18)15-2)16-6-11(17)9-4-3-8(13)5-10(9)14/h3-5,7,11,16-17H,6H2,1-2H3,(H,15,18). The van der Waals surface area contributed by atoms with Gasteiger partial charge in [0.15, 0.2) is 0 Å². The number of aliphatic hydroxyl groups excluding tert-OH is 1. The van der Waals surface area contributed by atoms with Crippen LogP contribution in [0.2, 0.25) is 0 Å². The zero-order chi connectivity index (χ0) is 13.7. The minimum absolute atomic E-state index is 0.00284. The lowest BCUT2D eigenvalue weighted by Crippen LogP contribution is -2.42. The van der Waals surface area contributed by atoms with Crippen LogP contribution in [0.1, 0.15) is 18.6 Å². The van der Waals surface area contributed by atoms with Gasteiger partial charge in [-0.1, -0.05) is 6.07 Å². The van der Waals surface area contributed by atoms with Crippen LogP contribution >= 0.6 is 0 Å². The molecule has 0 saturated heterocycles. The van der Waals surface area contributed by atoms with Gasteiger partial charge in [-0.15, -0.1) is 0 Å². The summed E-state index contributed by atoms with van der Waals surface area (Å²) in [6.45, 7) is 1.61. The van der Waals surface area contributed by atoms with Gasteiger partial charge < -0.3 is 15.7 Å². The fourth-order valence-electron chi connectivity index (χ4n) is 1.48. The van der Waals surface area contributed by atoms with Gasteiger partial charge >= 0.3 is 0 Å². The predicted molar refractivity (Wildman–Crippen MR) is 62.8 cm³/mol. The summed E-state index contributed by atoms with van der Waals surface area (Å²) in [7, 11) is 1.50. The molecule has 18 heavy (non-hydrogen) atoms. The quantitative estimate of drug-likeness (QED) is 0.729. The van der Waals surface area contributed by atoms with Crippen LogP contribution in [0.4, 0.5) is 8.78 Å². The van der Waals surface area contributed by atoms with Crippen LogP contribution in [-0.4, -0.2) is 30.6 Å². The summed E-state index contributed by atoms with van der Waals surface area (Å²) in [5, 5.41) is 14.9. The molecule has 0 aliphatic rings. The first-order valence-corrected chi connectivity index (χ1v) is 5.53. The number of hydrogen-bond acceptors (Lipinski definition) is 3. The molecule has 0 aliphatic carbocycles. The van der Waals surface area contributed by atoms with E-state index in [-0.39, 0.29) is 18.0 Å². The molecule has 0 spiro atoms. The van der Waals surface area contributed by atoms with E-state index in [4.69, 9.17) is 0 Å². The molecule has 0 bridgehead atoms. The predicted octanol–water partition coefficient (Wildman–Crippen LogP) is 0.722. The Morgan fingerprint density at radius 1 is 1.44 bits per heavy atom. The maximum Gasteiger partial charge on any atom is 0.236 e. The van der Waals surface area contributed by atoms with Gasteiger partial charge in [0.1, 0.15) is 11.6 Å². The lowest BCUT2D eigenvalue weighted by Gasteiger charge is -2.16. The Kier molecular flexibility index (Phi) is 5.18. The van der Waals surface area contributed by atoms with Crippen LogP contribution in [0.5, 0.6) is 0 Å². The van der Waals surface area contributed by atoms with Crippen LogP contribution in [-0.2, 0) is 4.79 Å². The van der Waals surface area contributed by atoms with Crippen molar-refractivity contribution in [1.82, 2.24) is 10.6 Å². The number of nitrogens with one attached hydrogen (secondary N) is 2. The monoisotopic (exact) mass is 258 g/mol. The molecule has 1 rings (SSSR count). The summed E-state index contributed by atoms with van der Waals surface area (Å²) in [5.74, 6) is -1.74. The zero-order valence-corrected chi connectivity index (χ0v) is 10.2. The smallest absolute Gasteiger partial charge is 0.236 e. The van der Waals surface area contributed by atoms with Crippen LogP contribution in [0.15, 0.2) is 18.2 Å². The topological polar surface area (TPSA) is 61.4 Å². The highest BCUT2D eigenvalue weighted by Gasteiger charge is 2.16. The minimum atomic E-state index is -1.14. The Hall–Kier alpha value is -1.53. The third-order valence-electron chi connectivity index (χ3n) is 2.58. The lowest BCUT2D eigenvalue weighted by atomic mass is 10.1. The van der Waals surface area contributed by atoms with Crippen molar-refractivity contribution in [2.24, 2.45) is 0 Å². The van der Waals surface area contributed by atoms with E-state index >= 15 is 0 Å². The minimum Gasteiger partial charge on any atom is -0.387 e. The van der Waals surface area contributed by atoms with E-state index in [1.54, 1.807) is 6.92 Å². The summed E-state index contributed by atoms with van der Waals surface area (Å²) >= 11 is 0. The molecule has 1 aromatic rings. The molecule has 0 aromatic heterocycles. The number of carbonyl (C=O) groups excluding carboxylic acids is 1. The SMILES string of the molecule is CNC(=O)C(C)NCC(O)c1ccc(F)cc1F. The number of halogens is 2. The second-order valence-corrected chi connectivity index (χ2v) is 3.93. The van der Waals surface area contributed by atoms with Gasteiger partial charge in [0.25, 0.3) is 0 Å². The Morgan fingerprint density at radius 2 is 2.11 bits per heavy atom. The molecule has 0 saturated carbocycles. The maximum atomic E-state index is 13.3. The Bertz CT molecular complexity index is 427. The number of hydrogen-bond donors (Lipinski definition) is 3. The maximum absolute atomic E-state index is 13.3. The van der Waals surface area contributed by atoms with E-state index < -0.39 is 23.8 Å². The number of likely N-dealkylation sites (N-methyl/N-ethyl adjacent to an activating group) is 1. The molecule has 0 heterocycles. The van der Waals surface area contributed by atoms with Gasteiger partial charge in [0.05, 0.1) is 12.1 Å². The third-order valence-corrected chi connectivity index (χ3v) is 2.58. The van der Waals surface area contributed by atoms with E-state index in [9.17, 15) is 18.7 Å². The first-order chi connectivity index (χ1) is 8.45. The average Bonchev–Trinajstić information content (AvgIpc) is 2.34. The van der Waals surface area contributed by atoms with Gasteiger partial charge in [-0.3, -0.25) is 4.79 Å². The fourth-order valence-corrected chi connectivity index (χ4v) is 1.48. The molecule has 2 atom stereocenters. The zero-order valence-electron chi connectivity index (χ0n) is 10.2. The summed E-state index contributed by atoms with van der Waals surface area (Å²) in [6.07, 6.45) is -1.14. The molecule has 1 aromatic carbocycles. The molecule has 6 heteroatoms. The van der Waals surface area contributed by atoms with Crippen LogP contribution in [0.25, 0.3) is 0 Å². The first kappa shape index (κ1) is 14.5. The van der Waals surface area contributed by atoms with Crippen molar-refractivity contribution >= 4 is 5.91 Å². The molecule has 3 N–H and O–H groups in total. The molecule has 4 nitrogen and oxygen atoms in total. The van der Waals surface area contributed by atoms with E-state index in [2.05, 4.69) is 10.6 Å². The number of rotatable bonds is 5. The Labute approximate surface area is 104 Å². The highest BCUT2D eigenvalue weighted by atomic mass is 19.1. The third kappa shape index (κ3) is 3.75. The average molecular weight is 258 g/mol. The highest BCUT2D eigenvalue weighted by molar-refractivity contribution is 5.80. The lowest BCUT2D eigenvalue weighted by molar-refractivity contribution is -0.122. The number of amides is 1. The van der Waals surface area contributed by atoms with Gasteiger partial charge in [-0.2, -0.15) is 0 Å². The van der Waals surface area contributed by atoms with Gasteiger partial charge in [0, 0.05) is 25.2 Å². The second-order valence-electron chi connectivity index (χ2n) is 3.93. The molecular weight excluding hydrogens is 242 g/mol. The second kappa shape index (κ2) is 6.42. The number of carbonyl (C=O) groups is 1. The van der Waals surface area contributed by atoms with E-state index in [1.165, 1.54) is 13.1 Å². The normalized spacial score (nSPS) is 14.1. The fraction of sp³-hybridized carbons (Fsp3) is 0.417. The molecule has 0 aliphatic heterocycles. The molecule has 2 unspecified atom stereocenters. The summed E-state index contributed by atoms with van der Waals surface area (Å²) in [4.78, 5) is 11.2. The van der Waals surface area contributed by atoms with Crippen molar-refractivity contribution in [3.05, 3.63) is 35.4 Å². The highest BCUT2D eigenvalue weighted by Crippen LogP contribution is 2.17. The summed E-state index contributed by atoms with van der Waals surface area (Å²) in [5.41, 5.74) is -0.00648. The van der Waals surface area contributed by atoms with Gasteiger partial charge in [0.2, 0.25) is 5.91 Å². The van der Waals surface area contributed by atoms with Crippen molar-refractivity contribution in [3.63, 3.8) is 0 Å². The van der Waals surface area contributed by atoms with Crippen LogP contribution in [0.3, 0.4) is 0 Å². The van der Waals surface area contributed by atoms with Crippen molar-refractivity contribution < 1.29 is 18.7 Å². The number of aliphatic hydroxyl groups is 1. The Morgan fingerprint density at radius 3 is 2.67 bits per heavy atom. The Balaban J connectivity index is 2.60. The van der Waals surface area contributed by atoms with Crippen molar-refractivity contribution in [2.45, 2.75) is 19.1 Å². The van der Waals surface area contributed by atoms with Crippen molar-refractivity contribution in [2.75, 3.05) is 13.6 Å². The van der Waals surface area contributed by atoms with E-state index in [0.29, 0.717) is 6.07 Å². The van der Waals surface area contributed by atoms with Crippen LogP contribution < -0.4 is 10.6 Å². The van der Waals surface area contributed by atoms with Gasteiger partial charge in [-0.25, -0.2) is 8.78 Å². The van der Waals surface area contributed by atoms with Crippen molar-refractivity contribution in [3.8, 4) is 0 Å². The molecular formula is C12H16F2N2O2. The van der Waals surface area contributed by atoms with Crippen molar-refractivity contribution in [1.29, 1.82) is 0 Å².